The molecule has 1 aromatic rings. The minimum Gasteiger partial charge on any atom is -0.480 e. The van der Waals surface area contributed by atoms with Crippen molar-refractivity contribution in [3.05, 3.63) is 29.8 Å². The van der Waals surface area contributed by atoms with Gasteiger partial charge in [0.25, 0.3) is 5.91 Å². The Labute approximate surface area is 146 Å². The van der Waals surface area contributed by atoms with E-state index in [1.165, 1.54) is 31.4 Å². The number of carbonyl (C=O) groups excluding carboxylic acids is 1. The molecule has 1 aromatic carbocycles. The summed E-state index contributed by atoms with van der Waals surface area (Å²) >= 11 is 0. The van der Waals surface area contributed by atoms with Gasteiger partial charge in [-0.25, -0.2) is 17.9 Å². The van der Waals surface area contributed by atoms with Crippen molar-refractivity contribution >= 4 is 21.9 Å². The maximum absolute atomic E-state index is 12.4. The second-order valence-electron chi connectivity index (χ2n) is 5.97. The van der Waals surface area contributed by atoms with Gasteiger partial charge in [-0.2, -0.15) is 0 Å². The molecule has 1 aliphatic rings. The van der Waals surface area contributed by atoms with E-state index < -0.39 is 27.4 Å². The Kier molecular flexibility index (Phi) is 6.15. The fourth-order valence-electron chi connectivity index (χ4n) is 2.83. The third-order valence-electron chi connectivity index (χ3n) is 4.22. The highest BCUT2D eigenvalue weighted by Crippen LogP contribution is 2.30. The monoisotopic (exact) mass is 370 g/mol. The summed E-state index contributed by atoms with van der Waals surface area (Å²) in [5.41, 5.74) is -1.18. The average Bonchev–Trinajstić information content (AvgIpc) is 3.05. The molecule has 0 bridgehead atoms. The van der Waals surface area contributed by atoms with Crippen molar-refractivity contribution in [3.8, 4) is 0 Å². The summed E-state index contributed by atoms with van der Waals surface area (Å²) in [5.74, 6) is -1.67. The molecule has 0 heterocycles. The van der Waals surface area contributed by atoms with E-state index in [1.54, 1.807) is 0 Å². The molecule has 2 rings (SSSR count). The molecule has 0 aliphatic heterocycles. The highest BCUT2D eigenvalue weighted by Gasteiger charge is 2.42. The molecule has 1 fully saturated rings. The van der Waals surface area contributed by atoms with Gasteiger partial charge in [0, 0.05) is 19.2 Å². The molecule has 0 spiro atoms. The van der Waals surface area contributed by atoms with Gasteiger partial charge >= 0.3 is 5.97 Å². The van der Waals surface area contributed by atoms with Crippen LogP contribution in [0.3, 0.4) is 0 Å². The Morgan fingerprint density at radius 3 is 2.56 bits per heavy atom. The number of amides is 1. The maximum Gasteiger partial charge on any atom is 0.329 e. The summed E-state index contributed by atoms with van der Waals surface area (Å²) in [4.78, 5) is 23.9. The number of benzene rings is 1. The Morgan fingerprint density at radius 2 is 1.96 bits per heavy atom. The van der Waals surface area contributed by atoms with Crippen molar-refractivity contribution in [2.45, 2.75) is 36.1 Å². The number of ether oxygens (including phenoxy) is 1. The van der Waals surface area contributed by atoms with Crippen molar-refractivity contribution in [2.75, 3.05) is 20.3 Å². The van der Waals surface area contributed by atoms with Crippen LogP contribution in [0.1, 0.15) is 36.0 Å². The van der Waals surface area contributed by atoms with Gasteiger partial charge in [0.1, 0.15) is 5.54 Å². The van der Waals surface area contributed by atoms with Crippen LogP contribution < -0.4 is 10.0 Å². The molecule has 0 radical (unpaired) electrons. The van der Waals surface area contributed by atoms with E-state index >= 15 is 0 Å². The molecule has 0 saturated heterocycles. The number of carboxylic acid groups (broad SMARTS) is 1. The van der Waals surface area contributed by atoms with Crippen LogP contribution in [0, 0.1) is 0 Å². The molecule has 1 aliphatic carbocycles. The lowest BCUT2D eigenvalue weighted by atomic mass is 9.97. The lowest BCUT2D eigenvalue weighted by Gasteiger charge is -2.25. The predicted octanol–water partition coefficient (Wildman–Crippen LogP) is 0.738. The van der Waals surface area contributed by atoms with Crippen LogP contribution in [-0.2, 0) is 19.6 Å². The highest BCUT2D eigenvalue weighted by atomic mass is 32.2. The fourth-order valence-corrected chi connectivity index (χ4v) is 3.88. The number of hydrogen-bond acceptors (Lipinski definition) is 5. The summed E-state index contributed by atoms with van der Waals surface area (Å²) < 4.78 is 31.6. The number of hydrogen-bond donors (Lipinski definition) is 3. The van der Waals surface area contributed by atoms with E-state index in [1.807, 2.05) is 0 Å². The molecule has 25 heavy (non-hydrogen) atoms. The fraction of sp³-hybridized carbons (Fsp3) is 0.500. The molecule has 1 saturated carbocycles. The lowest BCUT2D eigenvalue weighted by molar-refractivity contribution is -0.144. The van der Waals surface area contributed by atoms with Gasteiger partial charge in [-0.1, -0.05) is 18.9 Å². The van der Waals surface area contributed by atoms with Gasteiger partial charge in [0.2, 0.25) is 10.0 Å². The second-order valence-corrected chi connectivity index (χ2v) is 7.73. The standard InChI is InChI=1S/C16H22N2O6S/c1-24-10-9-17-25(22,23)13-6-4-5-12(11-13)14(19)18-16(15(20)21)7-2-3-8-16/h4-6,11,17H,2-3,7-10H2,1H3,(H,18,19)(H,20,21). The van der Waals surface area contributed by atoms with Gasteiger partial charge in [0.05, 0.1) is 11.5 Å². The number of methoxy groups -OCH3 is 1. The van der Waals surface area contributed by atoms with Crippen molar-refractivity contribution < 1.29 is 27.9 Å². The molecule has 0 atom stereocenters. The number of carboxylic acids is 1. The number of nitrogens with one attached hydrogen (secondary N) is 2. The van der Waals surface area contributed by atoms with E-state index in [4.69, 9.17) is 4.74 Å². The minimum atomic E-state index is -3.77. The predicted molar refractivity (Wildman–Crippen MR) is 89.8 cm³/mol. The smallest absolute Gasteiger partial charge is 0.329 e. The third kappa shape index (κ3) is 4.56. The van der Waals surface area contributed by atoms with Crippen LogP contribution in [0.25, 0.3) is 0 Å². The first-order chi connectivity index (χ1) is 11.8. The molecule has 0 aromatic heterocycles. The van der Waals surface area contributed by atoms with Crippen molar-refractivity contribution in [2.24, 2.45) is 0 Å². The number of aliphatic carboxylic acids is 1. The molecule has 8 nitrogen and oxygen atoms in total. The topological polar surface area (TPSA) is 122 Å². The zero-order chi connectivity index (χ0) is 18.5. The molecule has 0 unspecified atom stereocenters. The van der Waals surface area contributed by atoms with Crippen LogP contribution in [0.2, 0.25) is 0 Å². The molecular weight excluding hydrogens is 348 g/mol. The summed E-state index contributed by atoms with van der Waals surface area (Å²) in [6.45, 7) is 0.331. The van der Waals surface area contributed by atoms with E-state index in [2.05, 4.69) is 10.0 Å². The van der Waals surface area contributed by atoms with Crippen LogP contribution in [0.15, 0.2) is 29.2 Å². The zero-order valence-corrected chi connectivity index (χ0v) is 14.8. The minimum absolute atomic E-state index is 0.0629. The first kappa shape index (κ1) is 19.4. The summed E-state index contributed by atoms with van der Waals surface area (Å²) in [5, 5.41) is 12.0. The number of sulfonamides is 1. The van der Waals surface area contributed by atoms with Gasteiger partial charge in [-0.3, -0.25) is 4.79 Å². The molecule has 1 amide bonds. The Bertz CT molecular complexity index is 741. The first-order valence-electron chi connectivity index (χ1n) is 7.95. The van der Waals surface area contributed by atoms with Gasteiger partial charge in [-0.05, 0) is 31.0 Å². The molecule has 9 heteroatoms. The summed E-state index contributed by atoms with van der Waals surface area (Å²) in [6, 6.07) is 5.50. The van der Waals surface area contributed by atoms with E-state index in [0.717, 1.165) is 12.8 Å². The largest absolute Gasteiger partial charge is 0.480 e. The quantitative estimate of drug-likeness (QED) is 0.580. The number of carbonyl (C=O) groups is 2. The van der Waals surface area contributed by atoms with E-state index in [-0.39, 0.29) is 23.6 Å². The van der Waals surface area contributed by atoms with Gasteiger partial charge in [0.15, 0.2) is 0 Å². The average molecular weight is 370 g/mol. The second kappa shape index (κ2) is 7.94. The maximum atomic E-state index is 12.4. The van der Waals surface area contributed by atoms with Crippen molar-refractivity contribution in [1.82, 2.24) is 10.0 Å². The van der Waals surface area contributed by atoms with Crippen LogP contribution in [-0.4, -0.2) is 51.2 Å². The van der Waals surface area contributed by atoms with Crippen molar-refractivity contribution in [1.29, 1.82) is 0 Å². The van der Waals surface area contributed by atoms with Crippen LogP contribution in [0.5, 0.6) is 0 Å². The highest BCUT2D eigenvalue weighted by molar-refractivity contribution is 7.89. The summed E-state index contributed by atoms with van der Waals surface area (Å²) in [6.07, 6.45) is 2.18. The zero-order valence-electron chi connectivity index (χ0n) is 13.9. The van der Waals surface area contributed by atoms with Gasteiger partial charge in [-0.15, -0.1) is 0 Å². The lowest BCUT2D eigenvalue weighted by Crippen LogP contribution is -2.52. The first-order valence-corrected chi connectivity index (χ1v) is 9.44. The number of rotatable bonds is 8. The van der Waals surface area contributed by atoms with Gasteiger partial charge < -0.3 is 15.2 Å². The molecule has 138 valence electrons. The molecule has 3 N–H and O–H groups in total. The Morgan fingerprint density at radius 1 is 1.28 bits per heavy atom. The SMILES string of the molecule is COCCNS(=O)(=O)c1cccc(C(=O)NC2(C(=O)O)CCCC2)c1. The van der Waals surface area contributed by atoms with Crippen molar-refractivity contribution in [3.63, 3.8) is 0 Å². The van der Waals surface area contributed by atoms with Crippen LogP contribution >= 0.6 is 0 Å². The Hall–Kier alpha value is -1.97. The third-order valence-corrected chi connectivity index (χ3v) is 5.68. The molecular formula is C16H22N2O6S. The Balaban J connectivity index is 2.17. The summed E-state index contributed by atoms with van der Waals surface area (Å²) in [7, 11) is -2.31. The van der Waals surface area contributed by atoms with E-state index in [9.17, 15) is 23.1 Å². The normalized spacial score (nSPS) is 16.5. The van der Waals surface area contributed by atoms with Crippen LogP contribution in [0.4, 0.5) is 0 Å². The van der Waals surface area contributed by atoms with E-state index in [0.29, 0.717) is 12.8 Å².